The Labute approximate surface area is 176 Å². The molecule has 2 aromatic heterocycles. The molecule has 8 heteroatoms. The Bertz CT molecular complexity index is 1040. The van der Waals surface area contributed by atoms with Crippen molar-refractivity contribution in [3.8, 4) is 0 Å². The summed E-state index contributed by atoms with van der Waals surface area (Å²) in [6.07, 6.45) is 6.02. The maximum absolute atomic E-state index is 12.8. The van der Waals surface area contributed by atoms with E-state index in [4.69, 9.17) is 4.74 Å². The molecule has 0 saturated heterocycles. The van der Waals surface area contributed by atoms with E-state index in [-0.39, 0.29) is 5.56 Å². The minimum atomic E-state index is -0.0205. The van der Waals surface area contributed by atoms with Gasteiger partial charge in [0.05, 0.1) is 19.7 Å². The van der Waals surface area contributed by atoms with Crippen molar-refractivity contribution in [2.75, 3.05) is 13.7 Å². The molecule has 4 rings (SSSR count). The number of benzene rings is 1. The van der Waals surface area contributed by atoms with Crippen LogP contribution < -0.4 is 5.56 Å². The van der Waals surface area contributed by atoms with Crippen LogP contribution in [0.5, 0.6) is 0 Å². The van der Waals surface area contributed by atoms with Gasteiger partial charge in [0.2, 0.25) is 0 Å². The first-order valence-electron chi connectivity index (χ1n) is 10.7. The molecule has 160 valence electrons. The van der Waals surface area contributed by atoms with Crippen molar-refractivity contribution in [3.63, 3.8) is 0 Å². The maximum Gasteiger partial charge on any atom is 0.252 e. The number of nitrogens with zero attached hydrogens (tertiary/aromatic N) is 5. The molecular formula is C22H30N6O2. The van der Waals surface area contributed by atoms with E-state index < -0.39 is 0 Å². The van der Waals surface area contributed by atoms with Crippen molar-refractivity contribution in [3.05, 3.63) is 51.6 Å². The molecule has 0 bridgehead atoms. The van der Waals surface area contributed by atoms with Crippen molar-refractivity contribution in [1.82, 2.24) is 30.1 Å². The highest BCUT2D eigenvalue weighted by Gasteiger charge is 2.24. The maximum atomic E-state index is 12.8. The van der Waals surface area contributed by atoms with Crippen molar-refractivity contribution in [1.29, 1.82) is 0 Å². The summed E-state index contributed by atoms with van der Waals surface area (Å²) in [7, 11) is 1.67. The minimum Gasteiger partial charge on any atom is -0.383 e. The van der Waals surface area contributed by atoms with Gasteiger partial charge in [0.1, 0.15) is 0 Å². The Hall–Kier alpha value is -2.58. The summed E-state index contributed by atoms with van der Waals surface area (Å²) in [5.41, 5.74) is 2.79. The molecule has 0 atom stereocenters. The molecule has 1 saturated carbocycles. The number of hydrogen-bond donors (Lipinski definition) is 1. The summed E-state index contributed by atoms with van der Waals surface area (Å²) in [6, 6.07) is 8.62. The second kappa shape index (κ2) is 9.49. The Morgan fingerprint density at radius 1 is 1.20 bits per heavy atom. The topological polar surface area (TPSA) is 88.9 Å². The first-order valence-corrected chi connectivity index (χ1v) is 10.7. The quantitative estimate of drug-likeness (QED) is 0.614. The standard InChI is InChI=1S/C22H30N6O2/c1-16-8-9-17-13-18(22(29)23-20(17)12-16)14-27(19-6-4-3-5-7-19)15-21-24-25-26-28(21)10-11-30-2/h8-9,12-13,19H,3-7,10-11,14-15H2,1-2H3,(H,23,29). The molecule has 0 aliphatic heterocycles. The molecule has 0 spiro atoms. The fourth-order valence-corrected chi connectivity index (χ4v) is 4.33. The van der Waals surface area contributed by atoms with Gasteiger partial charge in [-0.15, -0.1) is 5.10 Å². The third-order valence-electron chi connectivity index (χ3n) is 6.00. The molecule has 8 nitrogen and oxygen atoms in total. The molecule has 1 fully saturated rings. The van der Waals surface area contributed by atoms with Crippen LogP contribution in [0.4, 0.5) is 0 Å². The summed E-state index contributed by atoms with van der Waals surface area (Å²) in [5, 5.41) is 13.3. The van der Waals surface area contributed by atoms with Crippen LogP contribution in [-0.2, 0) is 24.4 Å². The molecule has 1 aromatic carbocycles. The molecule has 30 heavy (non-hydrogen) atoms. The zero-order valence-electron chi connectivity index (χ0n) is 17.8. The average molecular weight is 411 g/mol. The highest BCUT2D eigenvalue weighted by molar-refractivity contribution is 5.79. The Balaban J connectivity index is 1.61. The Kier molecular flexibility index (Phi) is 6.54. The lowest BCUT2D eigenvalue weighted by Crippen LogP contribution is -2.38. The van der Waals surface area contributed by atoms with E-state index in [1.54, 1.807) is 11.8 Å². The van der Waals surface area contributed by atoms with Crippen molar-refractivity contribution in [2.45, 2.75) is 64.7 Å². The third kappa shape index (κ3) is 4.76. The molecule has 0 unspecified atom stereocenters. The van der Waals surface area contributed by atoms with Crippen molar-refractivity contribution < 1.29 is 4.74 Å². The summed E-state index contributed by atoms with van der Waals surface area (Å²) < 4.78 is 6.97. The van der Waals surface area contributed by atoms with E-state index in [1.165, 1.54) is 19.3 Å². The van der Waals surface area contributed by atoms with Crippen molar-refractivity contribution in [2.24, 2.45) is 0 Å². The van der Waals surface area contributed by atoms with E-state index in [9.17, 15) is 4.79 Å². The van der Waals surface area contributed by atoms with Crippen LogP contribution in [0.1, 0.15) is 49.1 Å². The molecule has 0 amide bonds. The van der Waals surface area contributed by atoms with Gasteiger partial charge in [-0.25, -0.2) is 4.68 Å². The number of aryl methyl sites for hydroxylation is 1. The van der Waals surface area contributed by atoms with Crippen LogP contribution in [0.15, 0.2) is 29.1 Å². The normalized spacial score (nSPS) is 15.3. The number of pyridine rings is 1. The lowest BCUT2D eigenvalue weighted by molar-refractivity contribution is 0.131. The monoisotopic (exact) mass is 410 g/mol. The third-order valence-corrected chi connectivity index (χ3v) is 6.00. The van der Waals surface area contributed by atoms with Crippen LogP contribution in [-0.4, -0.2) is 49.8 Å². The van der Waals surface area contributed by atoms with Gasteiger partial charge in [0, 0.05) is 30.8 Å². The zero-order valence-corrected chi connectivity index (χ0v) is 17.8. The van der Waals surface area contributed by atoms with Gasteiger partial charge >= 0.3 is 0 Å². The summed E-state index contributed by atoms with van der Waals surface area (Å²) >= 11 is 0. The van der Waals surface area contributed by atoms with E-state index in [1.807, 2.05) is 19.1 Å². The van der Waals surface area contributed by atoms with Crippen molar-refractivity contribution >= 4 is 10.9 Å². The number of fused-ring (bicyclic) bond motifs is 1. The number of ether oxygens (including phenoxy) is 1. The number of methoxy groups -OCH3 is 1. The van der Waals surface area contributed by atoms with Gasteiger partial charge in [0.25, 0.3) is 5.56 Å². The average Bonchev–Trinajstić information content (AvgIpc) is 3.20. The van der Waals surface area contributed by atoms with Crippen LogP contribution >= 0.6 is 0 Å². The summed E-state index contributed by atoms with van der Waals surface area (Å²) in [5.74, 6) is 0.811. The number of tetrazole rings is 1. The SMILES string of the molecule is COCCn1nnnc1CN(Cc1cc2ccc(C)cc2[nH]c1=O)C1CCCCC1. The van der Waals surface area contributed by atoms with Gasteiger partial charge in [-0.3, -0.25) is 9.69 Å². The van der Waals surface area contributed by atoms with Gasteiger partial charge < -0.3 is 9.72 Å². The number of aromatic amines is 1. The Morgan fingerprint density at radius 2 is 2.03 bits per heavy atom. The smallest absolute Gasteiger partial charge is 0.252 e. The van der Waals surface area contributed by atoms with Crippen LogP contribution in [0.2, 0.25) is 0 Å². The molecule has 0 radical (unpaired) electrons. The second-order valence-corrected chi connectivity index (χ2v) is 8.22. The molecule has 1 aliphatic carbocycles. The van der Waals surface area contributed by atoms with E-state index >= 15 is 0 Å². The molecular weight excluding hydrogens is 380 g/mol. The largest absolute Gasteiger partial charge is 0.383 e. The zero-order chi connectivity index (χ0) is 20.9. The van der Waals surface area contributed by atoms with E-state index in [0.717, 1.165) is 40.7 Å². The van der Waals surface area contributed by atoms with E-state index in [2.05, 4.69) is 37.5 Å². The fourth-order valence-electron chi connectivity index (χ4n) is 4.33. The number of aromatic nitrogens is 5. The Morgan fingerprint density at radius 3 is 2.83 bits per heavy atom. The van der Waals surface area contributed by atoms with Crippen LogP contribution in [0, 0.1) is 6.92 Å². The molecule has 1 N–H and O–H groups in total. The fraction of sp³-hybridized carbons (Fsp3) is 0.545. The minimum absolute atomic E-state index is 0.0205. The second-order valence-electron chi connectivity index (χ2n) is 8.22. The van der Waals surface area contributed by atoms with Crippen LogP contribution in [0.3, 0.4) is 0 Å². The van der Waals surface area contributed by atoms with Crippen LogP contribution in [0.25, 0.3) is 10.9 Å². The molecule has 3 aromatic rings. The molecule has 1 aliphatic rings. The van der Waals surface area contributed by atoms with Gasteiger partial charge in [0.15, 0.2) is 5.82 Å². The summed E-state index contributed by atoms with van der Waals surface area (Å²) in [4.78, 5) is 18.3. The number of hydrogen-bond acceptors (Lipinski definition) is 6. The predicted octanol–water partition coefficient (Wildman–Crippen LogP) is 2.80. The van der Waals surface area contributed by atoms with Gasteiger partial charge in [-0.2, -0.15) is 0 Å². The number of rotatable bonds is 8. The number of nitrogens with one attached hydrogen (secondary N) is 1. The first kappa shape index (κ1) is 20.7. The van der Waals surface area contributed by atoms with Gasteiger partial charge in [-0.1, -0.05) is 31.4 Å². The molecule has 2 heterocycles. The lowest BCUT2D eigenvalue weighted by Gasteiger charge is -2.33. The lowest BCUT2D eigenvalue weighted by atomic mass is 9.93. The summed E-state index contributed by atoms with van der Waals surface area (Å²) in [6.45, 7) is 4.41. The van der Waals surface area contributed by atoms with E-state index in [0.29, 0.717) is 32.3 Å². The first-order chi connectivity index (χ1) is 14.6. The predicted molar refractivity (Wildman–Crippen MR) is 115 cm³/mol. The van der Waals surface area contributed by atoms with Gasteiger partial charge in [-0.05, 0) is 53.3 Å². The highest BCUT2D eigenvalue weighted by atomic mass is 16.5. The number of H-pyrrole nitrogens is 1. The highest BCUT2D eigenvalue weighted by Crippen LogP contribution is 2.25.